The van der Waals surface area contributed by atoms with E-state index in [-0.39, 0.29) is 30.0 Å². The van der Waals surface area contributed by atoms with Gasteiger partial charge in [0.15, 0.2) is 5.96 Å². The van der Waals surface area contributed by atoms with E-state index in [9.17, 15) is 0 Å². The Kier molecular flexibility index (Phi) is 9.85. The molecule has 1 saturated heterocycles. The molecule has 0 aromatic heterocycles. The minimum Gasteiger partial charge on any atom is -0.383 e. The van der Waals surface area contributed by atoms with Gasteiger partial charge in [-0.1, -0.05) is 0 Å². The molecular formula is C11H24IN3O2. The summed E-state index contributed by atoms with van der Waals surface area (Å²) in [7, 11) is 1.67. The number of guanidine groups is 1. The van der Waals surface area contributed by atoms with Gasteiger partial charge in [0, 0.05) is 32.9 Å². The summed E-state index contributed by atoms with van der Waals surface area (Å²) < 4.78 is 10.3. The number of nitrogens with one attached hydrogen (secondary N) is 1. The molecule has 1 fully saturated rings. The summed E-state index contributed by atoms with van der Waals surface area (Å²) in [4.78, 5) is 4.34. The highest BCUT2D eigenvalue weighted by Crippen LogP contribution is 2.14. The molecule has 0 radical (unpaired) electrons. The molecular weight excluding hydrogens is 333 g/mol. The Morgan fingerprint density at radius 2 is 2.18 bits per heavy atom. The number of halogens is 1. The lowest BCUT2D eigenvalue weighted by Crippen LogP contribution is -2.41. The lowest BCUT2D eigenvalue weighted by molar-refractivity contribution is 0.0689. The number of rotatable bonds is 5. The van der Waals surface area contributed by atoms with E-state index in [0.717, 1.165) is 32.6 Å². The number of nitrogens with zero attached hydrogens (tertiary/aromatic N) is 1. The van der Waals surface area contributed by atoms with E-state index >= 15 is 0 Å². The molecule has 1 rings (SSSR count). The number of aliphatic imine (C=N–C) groups is 1. The van der Waals surface area contributed by atoms with E-state index in [1.807, 2.05) is 6.92 Å². The maximum absolute atomic E-state index is 5.77. The average molecular weight is 357 g/mol. The highest BCUT2D eigenvalue weighted by molar-refractivity contribution is 14.0. The van der Waals surface area contributed by atoms with Crippen LogP contribution in [-0.2, 0) is 9.47 Å². The molecule has 3 N–H and O–H groups in total. The van der Waals surface area contributed by atoms with Crippen molar-refractivity contribution in [3.63, 3.8) is 0 Å². The Labute approximate surface area is 121 Å². The van der Waals surface area contributed by atoms with Crippen LogP contribution in [0.25, 0.3) is 0 Å². The Morgan fingerprint density at radius 1 is 1.53 bits per heavy atom. The third-order valence-corrected chi connectivity index (χ3v) is 2.67. The summed E-state index contributed by atoms with van der Waals surface area (Å²) >= 11 is 0. The van der Waals surface area contributed by atoms with Gasteiger partial charge in [-0.05, 0) is 25.7 Å². The molecule has 17 heavy (non-hydrogen) atoms. The molecule has 0 saturated carbocycles. The van der Waals surface area contributed by atoms with Gasteiger partial charge in [0.1, 0.15) is 0 Å². The van der Waals surface area contributed by atoms with E-state index in [2.05, 4.69) is 10.3 Å². The zero-order chi connectivity index (χ0) is 11.8. The molecule has 1 atom stereocenters. The predicted octanol–water partition coefficient (Wildman–Crippen LogP) is 0.970. The highest BCUT2D eigenvalue weighted by atomic mass is 127. The van der Waals surface area contributed by atoms with Crippen molar-refractivity contribution < 1.29 is 9.47 Å². The van der Waals surface area contributed by atoms with Gasteiger partial charge in [0.05, 0.1) is 6.61 Å². The van der Waals surface area contributed by atoms with Crippen LogP contribution in [-0.4, -0.2) is 45.5 Å². The standard InChI is InChI=1S/C11H23N3O2.HI/c1-9(8-15-2)14-11(12)13-7-10-3-5-16-6-4-10;/h9-10H,3-8H2,1-2H3,(H3,12,13,14);1H. The van der Waals surface area contributed by atoms with Crippen LogP contribution in [0.5, 0.6) is 0 Å². The summed E-state index contributed by atoms with van der Waals surface area (Å²) in [5.74, 6) is 1.13. The van der Waals surface area contributed by atoms with E-state index in [1.54, 1.807) is 7.11 Å². The van der Waals surface area contributed by atoms with Crippen LogP contribution >= 0.6 is 24.0 Å². The second kappa shape index (κ2) is 9.90. The summed E-state index contributed by atoms with van der Waals surface area (Å²) in [6.07, 6.45) is 2.18. The largest absolute Gasteiger partial charge is 0.383 e. The Morgan fingerprint density at radius 3 is 2.76 bits per heavy atom. The lowest BCUT2D eigenvalue weighted by Gasteiger charge is -2.20. The second-order valence-electron chi connectivity index (χ2n) is 4.28. The molecule has 6 heteroatoms. The average Bonchev–Trinajstić information content (AvgIpc) is 2.28. The minimum absolute atomic E-state index is 0. The smallest absolute Gasteiger partial charge is 0.188 e. The SMILES string of the molecule is COCC(C)NC(N)=NCC1CCOCC1.I. The van der Waals surface area contributed by atoms with E-state index in [1.165, 1.54) is 0 Å². The summed E-state index contributed by atoms with van der Waals surface area (Å²) in [6, 6.07) is 0.198. The first-order valence-electron chi connectivity index (χ1n) is 5.85. The normalized spacial score (nSPS) is 19.5. The first-order chi connectivity index (χ1) is 7.72. The number of ether oxygens (including phenoxy) is 2. The molecule has 0 spiro atoms. The molecule has 0 bridgehead atoms. The number of hydrogen-bond acceptors (Lipinski definition) is 3. The quantitative estimate of drug-likeness (QED) is 0.437. The topological polar surface area (TPSA) is 68.9 Å². The summed E-state index contributed by atoms with van der Waals surface area (Å²) in [5.41, 5.74) is 5.77. The van der Waals surface area contributed by atoms with Gasteiger partial charge in [-0.25, -0.2) is 0 Å². The number of methoxy groups -OCH3 is 1. The zero-order valence-electron chi connectivity index (χ0n) is 10.6. The second-order valence-corrected chi connectivity index (χ2v) is 4.28. The monoisotopic (exact) mass is 357 g/mol. The van der Waals surface area contributed by atoms with Crippen LogP contribution in [0.2, 0.25) is 0 Å². The van der Waals surface area contributed by atoms with Crippen molar-refractivity contribution in [2.45, 2.75) is 25.8 Å². The minimum atomic E-state index is 0. The lowest BCUT2D eigenvalue weighted by atomic mass is 10.0. The van der Waals surface area contributed by atoms with Crippen LogP contribution in [0.3, 0.4) is 0 Å². The molecule has 102 valence electrons. The van der Waals surface area contributed by atoms with Gasteiger partial charge < -0.3 is 20.5 Å². The molecule has 1 aliphatic heterocycles. The summed E-state index contributed by atoms with van der Waals surface area (Å²) in [6.45, 7) is 5.15. The zero-order valence-corrected chi connectivity index (χ0v) is 13.0. The predicted molar refractivity (Wildman–Crippen MR) is 79.9 cm³/mol. The van der Waals surface area contributed by atoms with Crippen LogP contribution in [0, 0.1) is 5.92 Å². The highest BCUT2D eigenvalue weighted by Gasteiger charge is 2.13. The van der Waals surface area contributed by atoms with E-state index in [4.69, 9.17) is 15.2 Å². The van der Waals surface area contributed by atoms with E-state index in [0.29, 0.717) is 18.5 Å². The van der Waals surface area contributed by atoms with Crippen molar-refractivity contribution in [2.75, 3.05) is 33.5 Å². The number of nitrogens with two attached hydrogens (primary N) is 1. The molecule has 5 nitrogen and oxygen atoms in total. The van der Waals surface area contributed by atoms with Crippen molar-refractivity contribution in [3.8, 4) is 0 Å². The molecule has 1 unspecified atom stereocenters. The first kappa shape index (κ1) is 16.9. The maximum Gasteiger partial charge on any atom is 0.188 e. The molecule has 0 aromatic rings. The van der Waals surface area contributed by atoms with Gasteiger partial charge in [-0.15, -0.1) is 24.0 Å². The molecule has 0 aromatic carbocycles. The van der Waals surface area contributed by atoms with Crippen molar-refractivity contribution in [1.29, 1.82) is 0 Å². The first-order valence-corrected chi connectivity index (χ1v) is 5.85. The fourth-order valence-electron chi connectivity index (χ4n) is 1.75. The van der Waals surface area contributed by atoms with E-state index < -0.39 is 0 Å². The fraction of sp³-hybridized carbons (Fsp3) is 0.909. The Bertz CT molecular complexity index is 221. The van der Waals surface area contributed by atoms with Gasteiger partial charge in [-0.3, -0.25) is 4.99 Å². The van der Waals surface area contributed by atoms with Gasteiger partial charge in [0.2, 0.25) is 0 Å². The van der Waals surface area contributed by atoms with Gasteiger partial charge in [0.25, 0.3) is 0 Å². The maximum atomic E-state index is 5.77. The van der Waals surface area contributed by atoms with Crippen LogP contribution in [0.1, 0.15) is 19.8 Å². The van der Waals surface area contributed by atoms with Crippen molar-refractivity contribution in [1.82, 2.24) is 5.32 Å². The molecule has 1 heterocycles. The Balaban J connectivity index is 0.00000256. The summed E-state index contributed by atoms with van der Waals surface area (Å²) in [5, 5.41) is 3.09. The molecule has 0 amide bonds. The van der Waals surface area contributed by atoms with Gasteiger partial charge in [-0.2, -0.15) is 0 Å². The van der Waals surface area contributed by atoms with Crippen LogP contribution in [0.4, 0.5) is 0 Å². The fourth-order valence-corrected chi connectivity index (χ4v) is 1.75. The third-order valence-electron chi connectivity index (χ3n) is 2.67. The van der Waals surface area contributed by atoms with Crippen molar-refractivity contribution in [3.05, 3.63) is 0 Å². The Hall–Kier alpha value is -0.0800. The molecule has 1 aliphatic rings. The van der Waals surface area contributed by atoms with Crippen LogP contribution < -0.4 is 11.1 Å². The van der Waals surface area contributed by atoms with Gasteiger partial charge >= 0.3 is 0 Å². The third kappa shape index (κ3) is 7.77. The van der Waals surface area contributed by atoms with Crippen molar-refractivity contribution >= 4 is 29.9 Å². The van der Waals surface area contributed by atoms with Crippen molar-refractivity contribution in [2.24, 2.45) is 16.6 Å². The number of hydrogen-bond donors (Lipinski definition) is 2. The van der Waals surface area contributed by atoms with Crippen LogP contribution in [0.15, 0.2) is 4.99 Å². The molecule has 0 aliphatic carbocycles.